The number of amides is 3. The SMILES string of the molecule is COc1ccccc1N1C(=O)[C@@H]2[C@H](C1=O)[C@@H]1c3ccccc3C=CN1[C@@H]2C(N)=O. The Morgan fingerprint density at radius 3 is 2.45 bits per heavy atom. The van der Waals surface area contributed by atoms with Crippen LogP contribution < -0.4 is 15.4 Å². The smallest absolute Gasteiger partial charge is 0.240 e. The Kier molecular flexibility index (Phi) is 3.74. The largest absolute Gasteiger partial charge is 0.495 e. The van der Waals surface area contributed by atoms with Crippen molar-refractivity contribution in [1.82, 2.24) is 4.90 Å². The number of nitrogens with two attached hydrogens (primary N) is 1. The van der Waals surface area contributed by atoms with Gasteiger partial charge in [-0.05, 0) is 29.3 Å². The van der Waals surface area contributed by atoms with Gasteiger partial charge in [-0.25, -0.2) is 4.90 Å². The lowest BCUT2D eigenvalue weighted by Gasteiger charge is -2.34. The average Bonchev–Trinajstić information content (AvgIpc) is 3.21. The molecule has 0 bridgehead atoms. The van der Waals surface area contributed by atoms with Gasteiger partial charge in [0.05, 0.1) is 30.7 Å². The van der Waals surface area contributed by atoms with Gasteiger partial charge in [0.2, 0.25) is 17.7 Å². The number of nitrogens with zero attached hydrogens (tertiary/aromatic N) is 2. The molecule has 0 saturated carbocycles. The molecule has 0 aliphatic carbocycles. The van der Waals surface area contributed by atoms with Crippen LogP contribution in [0.3, 0.4) is 0 Å². The van der Waals surface area contributed by atoms with Crippen molar-refractivity contribution in [2.24, 2.45) is 17.6 Å². The van der Waals surface area contributed by atoms with E-state index in [9.17, 15) is 14.4 Å². The van der Waals surface area contributed by atoms with Crippen LogP contribution in [0.15, 0.2) is 54.7 Å². The number of methoxy groups -OCH3 is 1. The quantitative estimate of drug-likeness (QED) is 0.807. The number of carbonyl (C=O) groups is 3. The third-order valence-corrected chi connectivity index (χ3v) is 6.08. The van der Waals surface area contributed by atoms with Crippen LogP contribution in [0.2, 0.25) is 0 Å². The predicted octanol–water partition coefficient (Wildman–Crippen LogP) is 1.70. The summed E-state index contributed by atoms with van der Waals surface area (Å²) in [5, 5.41) is 0. The molecule has 2 fully saturated rings. The van der Waals surface area contributed by atoms with Crippen LogP contribution in [-0.4, -0.2) is 35.8 Å². The Morgan fingerprint density at radius 1 is 1.00 bits per heavy atom. The molecule has 5 rings (SSSR count). The molecule has 146 valence electrons. The summed E-state index contributed by atoms with van der Waals surface area (Å²) in [6.07, 6.45) is 3.66. The zero-order valence-electron chi connectivity index (χ0n) is 15.7. The molecule has 29 heavy (non-hydrogen) atoms. The number of primary amides is 1. The number of anilines is 1. The Bertz CT molecular complexity index is 1080. The molecule has 2 aromatic rings. The summed E-state index contributed by atoms with van der Waals surface area (Å²) < 4.78 is 5.35. The van der Waals surface area contributed by atoms with E-state index in [-0.39, 0.29) is 5.91 Å². The van der Waals surface area contributed by atoms with Crippen molar-refractivity contribution in [2.75, 3.05) is 12.0 Å². The molecule has 2 saturated heterocycles. The minimum atomic E-state index is -0.884. The van der Waals surface area contributed by atoms with Crippen molar-refractivity contribution in [3.63, 3.8) is 0 Å². The first-order valence-electron chi connectivity index (χ1n) is 9.39. The van der Waals surface area contributed by atoms with Crippen LogP contribution >= 0.6 is 0 Å². The fraction of sp³-hybridized carbons (Fsp3) is 0.227. The summed E-state index contributed by atoms with van der Waals surface area (Å²) >= 11 is 0. The van der Waals surface area contributed by atoms with Crippen LogP contribution in [0.25, 0.3) is 6.08 Å². The first-order chi connectivity index (χ1) is 14.0. The van der Waals surface area contributed by atoms with Gasteiger partial charge >= 0.3 is 0 Å². The summed E-state index contributed by atoms with van der Waals surface area (Å²) in [4.78, 5) is 42.3. The highest BCUT2D eigenvalue weighted by molar-refractivity contribution is 6.24. The monoisotopic (exact) mass is 389 g/mol. The number of rotatable bonds is 3. The van der Waals surface area contributed by atoms with Gasteiger partial charge in [0, 0.05) is 6.20 Å². The number of carbonyl (C=O) groups excluding carboxylic acids is 3. The van der Waals surface area contributed by atoms with E-state index in [0.717, 1.165) is 16.0 Å². The van der Waals surface area contributed by atoms with Crippen molar-refractivity contribution < 1.29 is 19.1 Å². The Morgan fingerprint density at radius 2 is 1.69 bits per heavy atom. The molecule has 3 amide bonds. The molecule has 2 N–H and O–H groups in total. The van der Waals surface area contributed by atoms with E-state index >= 15 is 0 Å². The lowest BCUT2D eigenvalue weighted by atomic mass is 9.84. The molecule has 3 heterocycles. The number of ether oxygens (including phenoxy) is 1. The Labute approximate surface area is 167 Å². The fourth-order valence-electron chi connectivity index (χ4n) is 4.93. The average molecular weight is 389 g/mol. The Balaban J connectivity index is 1.66. The van der Waals surface area contributed by atoms with Crippen molar-refractivity contribution in [3.8, 4) is 5.75 Å². The van der Waals surface area contributed by atoms with Crippen molar-refractivity contribution in [3.05, 3.63) is 65.9 Å². The van der Waals surface area contributed by atoms with Gasteiger partial charge in [-0.3, -0.25) is 14.4 Å². The van der Waals surface area contributed by atoms with Gasteiger partial charge in [-0.2, -0.15) is 0 Å². The molecule has 0 radical (unpaired) electrons. The summed E-state index contributed by atoms with van der Waals surface area (Å²) in [6.45, 7) is 0. The normalized spacial score (nSPS) is 26.9. The molecule has 3 aliphatic rings. The highest BCUT2D eigenvalue weighted by Gasteiger charge is 2.64. The minimum Gasteiger partial charge on any atom is -0.495 e. The van der Waals surface area contributed by atoms with Gasteiger partial charge in [-0.15, -0.1) is 0 Å². The molecular weight excluding hydrogens is 370 g/mol. The minimum absolute atomic E-state index is 0.339. The van der Waals surface area contributed by atoms with Crippen molar-refractivity contribution in [2.45, 2.75) is 12.1 Å². The van der Waals surface area contributed by atoms with E-state index in [4.69, 9.17) is 10.5 Å². The van der Waals surface area contributed by atoms with Crippen molar-refractivity contribution in [1.29, 1.82) is 0 Å². The molecule has 7 heteroatoms. The van der Waals surface area contributed by atoms with E-state index in [1.165, 1.54) is 7.11 Å². The van der Waals surface area contributed by atoms with Gasteiger partial charge in [-0.1, -0.05) is 36.4 Å². The first kappa shape index (κ1) is 17.5. The summed E-state index contributed by atoms with van der Waals surface area (Å²) in [5.41, 5.74) is 7.97. The van der Waals surface area contributed by atoms with Gasteiger partial charge < -0.3 is 15.4 Å². The maximum Gasteiger partial charge on any atom is 0.240 e. The molecular formula is C22H19N3O4. The summed E-state index contributed by atoms with van der Waals surface area (Å²) in [7, 11) is 1.49. The maximum absolute atomic E-state index is 13.5. The van der Waals surface area contributed by atoms with Crippen LogP contribution in [0.5, 0.6) is 5.75 Å². The van der Waals surface area contributed by atoms with E-state index in [0.29, 0.717) is 11.4 Å². The van der Waals surface area contributed by atoms with Crippen LogP contribution in [0, 0.1) is 11.8 Å². The molecule has 0 spiro atoms. The molecule has 0 unspecified atom stereocenters. The number of hydrogen-bond acceptors (Lipinski definition) is 5. The van der Waals surface area contributed by atoms with E-state index in [1.807, 2.05) is 30.3 Å². The summed E-state index contributed by atoms with van der Waals surface area (Å²) in [6, 6.07) is 13.3. The Hall–Kier alpha value is -3.61. The first-order valence-corrected chi connectivity index (χ1v) is 9.39. The molecule has 0 aromatic heterocycles. The third kappa shape index (κ3) is 2.27. The van der Waals surface area contributed by atoms with Gasteiger partial charge in [0.15, 0.2) is 0 Å². The van der Waals surface area contributed by atoms with Gasteiger partial charge in [0.25, 0.3) is 0 Å². The predicted molar refractivity (Wildman–Crippen MR) is 106 cm³/mol. The highest BCUT2D eigenvalue weighted by Crippen LogP contribution is 2.53. The molecule has 7 nitrogen and oxygen atoms in total. The number of hydrogen-bond donors (Lipinski definition) is 1. The maximum atomic E-state index is 13.5. The van der Waals surface area contributed by atoms with E-state index < -0.39 is 35.7 Å². The van der Waals surface area contributed by atoms with E-state index in [1.54, 1.807) is 35.4 Å². The molecule has 3 aliphatic heterocycles. The van der Waals surface area contributed by atoms with Crippen LogP contribution in [0.1, 0.15) is 17.2 Å². The van der Waals surface area contributed by atoms with Crippen LogP contribution in [-0.2, 0) is 14.4 Å². The summed E-state index contributed by atoms with van der Waals surface area (Å²) in [5.74, 6) is -2.50. The standard InChI is InChI=1S/C22H19N3O4/c1-29-15-9-5-4-8-14(15)25-21(27)16-17(22(25)28)19(20(23)26)24-11-10-12-6-2-3-7-13(12)18(16)24/h2-11,16-19H,1H3,(H2,23,26)/t16-,17+,18-,19-/m0/s1. The number of para-hydroxylation sites is 2. The van der Waals surface area contributed by atoms with Crippen molar-refractivity contribution >= 4 is 29.5 Å². The lowest BCUT2D eigenvalue weighted by molar-refractivity contribution is -0.129. The second-order valence-electron chi connectivity index (χ2n) is 7.42. The second kappa shape index (κ2) is 6.20. The topological polar surface area (TPSA) is 92.9 Å². The number of fused-ring (bicyclic) bond motifs is 5. The fourth-order valence-corrected chi connectivity index (χ4v) is 4.93. The lowest BCUT2D eigenvalue weighted by Crippen LogP contribution is -2.46. The van der Waals surface area contributed by atoms with Crippen LogP contribution in [0.4, 0.5) is 5.69 Å². The third-order valence-electron chi connectivity index (χ3n) is 6.08. The van der Waals surface area contributed by atoms with Gasteiger partial charge in [0.1, 0.15) is 11.8 Å². The zero-order chi connectivity index (χ0) is 20.3. The number of imide groups is 1. The van der Waals surface area contributed by atoms with E-state index in [2.05, 4.69) is 0 Å². The molecule has 4 atom stereocenters. The molecule has 2 aromatic carbocycles. The zero-order valence-corrected chi connectivity index (χ0v) is 15.7. The highest BCUT2D eigenvalue weighted by atomic mass is 16.5. The second-order valence-corrected chi connectivity index (χ2v) is 7.42. The number of benzene rings is 2.